The maximum Gasteiger partial charge on any atom is 0.226 e. The Balaban J connectivity index is 1.49. The predicted octanol–water partition coefficient (Wildman–Crippen LogP) is 2.38. The first-order chi connectivity index (χ1) is 12.1. The van der Waals surface area contributed by atoms with Gasteiger partial charge in [-0.1, -0.05) is 53.5 Å². The van der Waals surface area contributed by atoms with Gasteiger partial charge in [-0.15, -0.1) is 0 Å². The van der Waals surface area contributed by atoms with Gasteiger partial charge in [-0.2, -0.15) is 0 Å². The van der Waals surface area contributed by atoms with E-state index in [1.165, 1.54) is 6.20 Å². The molecule has 0 spiro atoms. The summed E-state index contributed by atoms with van der Waals surface area (Å²) >= 11 is 11.9. The molecule has 0 aliphatic carbocycles. The van der Waals surface area contributed by atoms with Crippen LogP contribution in [0.1, 0.15) is 11.6 Å². The van der Waals surface area contributed by atoms with Crippen LogP contribution < -0.4 is 21.5 Å². The van der Waals surface area contributed by atoms with E-state index in [2.05, 4.69) is 26.5 Å². The summed E-state index contributed by atoms with van der Waals surface area (Å²) < 4.78 is 0. The molecule has 2 aromatic rings. The topological polar surface area (TPSA) is 78.1 Å². The van der Waals surface area contributed by atoms with Crippen molar-refractivity contribution in [3.63, 3.8) is 0 Å². The molecule has 8 heteroatoms. The number of carbonyl (C=O) groups excluding carboxylic acids is 1. The van der Waals surface area contributed by atoms with Crippen LogP contribution in [-0.4, -0.2) is 30.5 Å². The highest BCUT2D eigenvalue weighted by atomic mass is 35.5. The van der Waals surface area contributed by atoms with E-state index in [0.717, 1.165) is 5.56 Å². The lowest BCUT2D eigenvalue weighted by Gasteiger charge is -2.18. The minimum absolute atomic E-state index is 0.00307. The van der Waals surface area contributed by atoms with Crippen molar-refractivity contribution in [2.75, 3.05) is 25.0 Å². The van der Waals surface area contributed by atoms with Crippen LogP contribution >= 0.6 is 23.2 Å². The number of hydrogen-bond donors (Lipinski definition) is 4. The van der Waals surface area contributed by atoms with Crippen LogP contribution in [0.5, 0.6) is 0 Å². The lowest BCUT2D eigenvalue weighted by Crippen LogP contribution is -2.37. The van der Waals surface area contributed by atoms with Crippen molar-refractivity contribution < 1.29 is 4.79 Å². The van der Waals surface area contributed by atoms with Crippen LogP contribution in [0.4, 0.5) is 5.82 Å². The van der Waals surface area contributed by atoms with Gasteiger partial charge in [0.25, 0.3) is 0 Å². The van der Waals surface area contributed by atoms with Crippen molar-refractivity contribution in [2.45, 2.75) is 6.04 Å². The highest BCUT2D eigenvalue weighted by Crippen LogP contribution is 2.25. The van der Waals surface area contributed by atoms with Gasteiger partial charge in [0.15, 0.2) is 0 Å². The van der Waals surface area contributed by atoms with Gasteiger partial charge >= 0.3 is 0 Å². The molecular weight excluding hydrogens is 361 g/mol. The van der Waals surface area contributed by atoms with Crippen molar-refractivity contribution >= 4 is 34.9 Å². The van der Waals surface area contributed by atoms with Crippen molar-refractivity contribution in [3.05, 3.63) is 58.2 Å². The summed E-state index contributed by atoms with van der Waals surface area (Å²) in [6.07, 6.45) is 1.52. The Bertz CT molecular complexity index is 728. The van der Waals surface area contributed by atoms with Crippen molar-refractivity contribution in [2.24, 2.45) is 5.92 Å². The smallest absolute Gasteiger partial charge is 0.226 e. The average Bonchev–Trinajstić information content (AvgIpc) is 3.10. The summed E-state index contributed by atoms with van der Waals surface area (Å²) in [7, 11) is 0. The van der Waals surface area contributed by atoms with Crippen LogP contribution in [0.15, 0.2) is 42.6 Å². The number of pyridine rings is 1. The largest absolute Gasteiger partial charge is 0.367 e. The minimum atomic E-state index is -0.167. The maximum absolute atomic E-state index is 12.5. The van der Waals surface area contributed by atoms with Crippen LogP contribution in [0, 0.1) is 5.92 Å². The zero-order chi connectivity index (χ0) is 17.6. The monoisotopic (exact) mass is 379 g/mol. The van der Waals surface area contributed by atoms with Crippen LogP contribution in [0.25, 0.3) is 0 Å². The Labute approximate surface area is 156 Å². The molecule has 25 heavy (non-hydrogen) atoms. The first-order valence-electron chi connectivity index (χ1n) is 8.01. The van der Waals surface area contributed by atoms with Gasteiger partial charge in [-0.3, -0.25) is 10.2 Å². The fraction of sp³-hybridized carbons (Fsp3) is 0.294. The highest BCUT2D eigenvalue weighted by Gasteiger charge is 2.33. The van der Waals surface area contributed by atoms with Crippen molar-refractivity contribution in [3.8, 4) is 0 Å². The molecule has 1 aliphatic heterocycles. The average molecular weight is 380 g/mol. The molecule has 1 fully saturated rings. The SMILES string of the molecule is O=C(NCCNc1ncc(Cl)cc1Cl)C1CNNC1c1ccccc1. The summed E-state index contributed by atoms with van der Waals surface area (Å²) in [5.74, 6) is 0.384. The van der Waals surface area contributed by atoms with E-state index in [-0.39, 0.29) is 17.9 Å². The molecule has 6 nitrogen and oxygen atoms in total. The standard InChI is InChI=1S/C17H19Cl2N5O/c18-12-8-14(19)16(22-9-12)20-6-7-21-17(25)13-10-23-24-15(13)11-4-2-1-3-5-11/h1-5,8-9,13,15,23-24H,6-7,10H2,(H,20,22)(H,21,25). The van der Waals surface area contributed by atoms with E-state index in [0.29, 0.717) is 35.5 Å². The number of carbonyl (C=O) groups is 1. The lowest BCUT2D eigenvalue weighted by molar-refractivity contribution is -0.124. The summed E-state index contributed by atoms with van der Waals surface area (Å²) in [6.45, 7) is 1.57. The maximum atomic E-state index is 12.5. The quantitative estimate of drug-likeness (QED) is 0.579. The predicted molar refractivity (Wildman–Crippen MR) is 99.6 cm³/mol. The Morgan fingerprint density at radius 1 is 1.24 bits per heavy atom. The summed E-state index contributed by atoms with van der Waals surface area (Å²) in [4.78, 5) is 16.6. The molecule has 1 aromatic carbocycles. The molecule has 0 bridgehead atoms. The fourth-order valence-corrected chi connectivity index (χ4v) is 3.21. The van der Waals surface area contributed by atoms with E-state index in [9.17, 15) is 4.79 Å². The normalized spacial score (nSPS) is 19.6. The number of benzene rings is 1. The van der Waals surface area contributed by atoms with Gasteiger partial charge in [0.2, 0.25) is 5.91 Å². The minimum Gasteiger partial charge on any atom is -0.367 e. The number of rotatable bonds is 6. The Kier molecular flexibility index (Phi) is 6.09. The molecule has 3 rings (SSSR count). The zero-order valence-corrected chi connectivity index (χ0v) is 14.9. The Hall–Kier alpha value is -1.86. The first kappa shape index (κ1) is 17.9. The molecule has 1 aromatic heterocycles. The molecule has 1 aliphatic rings. The van der Waals surface area contributed by atoms with E-state index in [4.69, 9.17) is 23.2 Å². The van der Waals surface area contributed by atoms with Gasteiger partial charge < -0.3 is 10.6 Å². The van der Waals surface area contributed by atoms with Crippen LogP contribution in [-0.2, 0) is 4.79 Å². The van der Waals surface area contributed by atoms with Gasteiger partial charge in [-0.05, 0) is 11.6 Å². The molecule has 1 amide bonds. The lowest BCUT2D eigenvalue weighted by atomic mass is 9.94. The molecule has 132 valence electrons. The van der Waals surface area contributed by atoms with Gasteiger partial charge in [0.05, 0.1) is 22.0 Å². The molecule has 4 N–H and O–H groups in total. The molecule has 2 heterocycles. The second-order valence-electron chi connectivity index (χ2n) is 5.72. The molecule has 0 saturated carbocycles. The Morgan fingerprint density at radius 2 is 2.04 bits per heavy atom. The molecule has 1 saturated heterocycles. The number of amides is 1. The summed E-state index contributed by atoms with van der Waals surface area (Å²) in [6, 6.07) is 11.5. The second kappa shape index (κ2) is 8.49. The number of halogens is 2. The summed E-state index contributed by atoms with van der Waals surface area (Å²) in [5.41, 5.74) is 7.32. The van der Waals surface area contributed by atoms with Gasteiger partial charge in [-0.25, -0.2) is 10.4 Å². The molecular formula is C17H19Cl2N5O. The van der Waals surface area contributed by atoms with Gasteiger partial charge in [0.1, 0.15) is 5.82 Å². The number of anilines is 1. The number of hydrazine groups is 1. The Morgan fingerprint density at radius 3 is 2.80 bits per heavy atom. The highest BCUT2D eigenvalue weighted by molar-refractivity contribution is 6.35. The van der Waals surface area contributed by atoms with Crippen molar-refractivity contribution in [1.29, 1.82) is 0 Å². The first-order valence-corrected chi connectivity index (χ1v) is 8.76. The number of aromatic nitrogens is 1. The van der Waals surface area contributed by atoms with Crippen LogP contribution in [0.2, 0.25) is 10.0 Å². The van der Waals surface area contributed by atoms with Gasteiger partial charge in [0, 0.05) is 25.8 Å². The zero-order valence-electron chi connectivity index (χ0n) is 13.4. The summed E-state index contributed by atoms with van der Waals surface area (Å²) in [5, 5.41) is 6.96. The third-order valence-electron chi connectivity index (χ3n) is 4.00. The number of nitrogens with one attached hydrogen (secondary N) is 4. The third-order valence-corrected chi connectivity index (χ3v) is 4.50. The molecule has 0 radical (unpaired) electrons. The number of hydrogen-bond acceptors (Lipinski definition) is 5. The number of nitrogens with zero attached hydrogens (tertiary/aromatic N) is 1. The van der Waals surface area contributed by atoms with E-state index >= 15 is 0 Å². The molecule has 2 unspecified atom stereocenters. The third kappa shape index (κ3) is 4.61. The van der Waals surface area contributed by atoms with E-state index in [1.807, 2.05) is 30.3 Å². The van der Waals surface area contributed by atoms with Crippen LogP contribution in [0.3, 0.4) is 0 Å². The van der Waals surface area contributed by atoms with E-state index < -0.39 is 0 Å². The van der Waals surface area contributed by atoms with E-state index in [1.54, 1.807) is 6.07 Å². The van der Waals surface area contributed by atoms with Crippen molar-refractivity contribution in [1.82, 2.24) is 21.2 Å². The fourth-order valence-electron chi connectivity index (χ4n) is 2.76. The second-order valence-corrected chi connectivity index (χ2v) is 6.57. The molecule has 2 atom stereocenters.